The summed E-state index contributed by atoms with van der Waals surface area (Å²) in [6, 6.07) is 8.30. The highest BCUT2D eigenvalue weighted by Crippen LogP contribution is 2.32. The summed E-state index contributed by atoms with van der Waals surface area (Å²) in [5, 5.41) is 9.44. The Morgan fingerprint density at radius 3 is 2.89 bits per heavy atom. The number of aromatic nitrogens is 2. The third kappa shape index (κ3) is 3.70. The zero-order valence-electron chi connectivity index (χ0n) is 16.5. The lowest BCUT2D eigenvalue weighted by Crippen LogP contribution is -2.41. The van der Waals surface area contributed by atoms with Crippen LogP contribution in [-0.2, 0) is 11.3 Å². The van der Waals surface area contributed by atoms with E-state index < -0.39 is 0 Å². The summed E-state index contributed by atoms with van der Waals surface area (Å²) >= 11 is 1.62. The molecule has 148 valence electrons. The number of nitrogens with zero attached hydrogens (tertiary/aromatic N) is 2. The Bertz CT molecular complexity index is 1070. The van der Waals surface area contributed by atoms with E-state index in [1.54, 1.807) is 11.3 Å². The molecule has 1 amide bonds. The minimum atomic E-state index is -0.0561. The monoisotopic (exact) mass is 397 g/mol. The Balaban J connectivity index is 1.46. The number of aryl methyl sites for hydroxylation is 2. The van der Waals surface area contributed by atoms with Crippen LogP contribution in [0.25, 0.3) is 20.2 Å². The van der Waals surface area contributed by atoms with Crippen molar-refractivity contribution in [1.82, 2.24) is 15.1 Å². The van der Waals surface area contributed by atoms with Crippen molar-refractivity contribution >= 4 is 37.4 Å². The maximum atomic E-state index is 13.0. The number of hydrogen-bond donors (Lipinski definition) is 1. The van der Waals surface area contributed by atoms with Gasteiger partial charge in [0, 0.05) is 29.1 Å². The van der Waals surface area contributed by atoms with Gasteiger partial charge >= 0.3 is 0 Å². The Morgan fingerprint density at radius 2 is 2.07 bits per heavy atom. The van der Waals surface area contributed by atoms with Crippen molar-refractivity contribution in [3.05, 3.63) is 40.3 Å². The van der Waals surface area contributed by atoms with E-state index in [0.717, 1.165) is 32.3 Å². The fourth-order valence-electron chi connectivity index (χ4n) is 4.26. The zero-order valence-corrected chi connectivity index (χ0v) is 17.3. The molecule has 0 bridgehead atoms. The summed E-state index contributed by atoms with van der Waals surface area (Å²) in [7, 11) is 0. The summed E-state index contributed by atoms with van der Waals surface area (Å²) in [4.78, 5) is 25.3. The summed E-state index contributed by atoms with van der Waals surface area (Å²) in [6.45, 7) is 4.63. The summed E-state index contributed by atoms with van der Waals surface area (Å²) in [6.07, 6.45) is 5.78. The Kier molecular flexibility index (Phi) is 5.49. The van der Waals surface area contributed by atoms with Crippen molar-refractivity contribution in [3.63, 3.8) is 0 Å². The molecule has 0 saturated heterocycles. The number of carbonyl (C=O) groups is 1. The van der Waals surface area contributed by atoms with Crippen LogP contribution in [0.4, 0.5) is 0 Å². The standard InChI is InChI=1S/C22H27N3O2S/c1-14-8-3-5-10-17(14)23-19(26)12-7-13-25-22(27)20-16-9-4-6-11-18(16)28-21(20)15(2)24-25/h4,6,9,11,14,17H,3,5,7-8,10,12-13H2,1-2H3,(H,23,26)/t14-,17-/m0/s1. The van der Waals surface area contributed by atoms with Gasteiger partial charge in [-0.1, -0.05) is 38.0 Å². The molecular formula is C22H27N3O2S. The largest absolute Gasteiger partial charge is 0.353 e. The molecule has 1 fully saturated rings. The summed E-state index contributed by atoms with van der Waals surface area (Å²) in [5.74, 6) is 0.643. The van der Waals surface area contributed by atoms with E-state index >= 15 is 0 Å². The van der Waals surface area contributed by atoms with Gasteiger partial charge in [-0.05, 0) is 38.2 Å². The first kappa shape index (κ1) is 19.1. The Labute approximate surface area is 168 Å². The second kappa shape index (κ2) is 8.03. The molecule has 1 N–H and O–H groups in total. The molecule has 3 aromatic rings. The number of rotatable bonds is 5. The predicted molar refractivity (Wildman–Crippen MR) is 115 cm³/mol. The van der Waals surface area contributed by atoms with E-state index in [1.807, 2.05) is 31.2 Å². The van der Waals surface area contributed by atoms with E-state index in [1.165, 1.54) is 23.9 Å². The lowest BCUT2D eigenvalue weighted by atomic mass is 9.86. The van der Waals surface area contributed by atoms with Crippen molar-refractivity contribution in [2.24, 2.45) is 5.92 Å². The van der Waals surface area contributed by atoms with Crippen LogP contribution in [-0.4, -0.2) is 21.7 Å². The van der Waals surface area contributed by atoms with Crippen molar-refractivity contribution in [2.75, 3.05) is 0 Å². The number of nitrogens with one attached hydrogen (secondary N) is 1. The molecule has 2 aromatic heterocycles. The van der Waals surface area contributed by atoms with Crippen LogP contribution in [0.2, 0.25) is 0 Å². The zero-order chi connectivity index (χ0) is 19.7. The fourth-order valence-corrected chi connectivity index (χ4v) is 5.40. The molecule has 1 aromatic carbocycles. The molecule has 4 rings (SSSR count). The van der Waals surface area contributed by atoms with Gasteiger partial charge in [0.15, 0.2) is 0 Å². The van der Waals surface area contributed by atoms with Gasteiger partial charge in [-0.3, -0.25) is 9.59 Å². The number of amides is 1. The van der Waals surface area contributed by atoms with E-state index in [9.17, 15) is 9.59 Å². The summed E-state index contributed by atoms with van der Waals surface area (Å²) < 4.78 is 3.61. The first-order chi connectivity index (χ1) is 13.5. The van der Waals surface area contributed by atoms with E-state index in [-0.39, 0.29) is 11.5 Å². The van der Waals surface area contributed by atoms with Crippen molar-refractivity contribution < 1.29 is 4.79 Å². The van der Waals surface area contributed by atoms with Gasteiger partial charge < -0.3 is 5.32 Å². The first-order valence-corrected chi connectivity index (χ1v) is 11.0. The molecule has 0 aliphatic heterocycles. The van der Waals surface area contributed by atoms with Crippen LogP contribution >= 0.6 is 11.3 Å². The van der Waals surface area contributed by atoms with Crippen LogP contribution in [0.5, 0.6) is 0 Å². The number of hydrogen-bond acceptors (Lipinski definition) is 4. The Hall–Kier alpha value is -2.21. The second-order valence-electron chi connectivity index (χ2n) is 7.96. The highest BCUT2D eigenvalue weighted by atomic mass is 32.1. The molecule has 6 heteroatoms. The second-order valence-corrected chi connectivity index (χ2v) is 9.01. The van der Waals surface area contributed by atoms with Gasteiger partial charge in [-0.25, -0.2) is 4.68 Å². The smallest absolute Gasteiger partial charge is 0.276 e. The van der Waals surface area contributed by atoms with Gasteiger partial charge in [-0.15, -0.1) is 11.3 Å². The average molecular weight is 398 g/mol. The van der Waals surface area contributed by atoms with Gasteiger partial charge in [0.25, 0.3) is 5.56 Å². The van der Waals surface area contributed by atoms with Crippen molar-refractivity contribution in [1.29, 1.82) is 0 Å². The molecule has 1 aliphatic carbocycles. The number of fused-ring (bicyclic) bond motifs is 3. The van der Waals surface area contributed by atoms with Crippen molar-refractivity contribution in [3.8, 4) is 0 Å². The normalized spacial score (nSPS) is 19.9. The minimum Gasteiger partial charge on any atom is -0.353 e. The minimum absolute atomic E-state index is 0.0561. The maximum absolute atomic E-state index is 13.0. The highest BCUT2D eigenvalue weighted by Gasteiger charge is 2.22. The predicted octanol–water partition coefficient (Wildman–Crippen LogP) is 4.39. The molecule has 2 atom stereocenters. The van der Waals surface area contributed by atoms with Gasteiger partial charge in [0.05, 0.1) is 15.8 Å². The van der Waals surface area contributed by atoms with E-state index in [4.69, 9.17) is 0 Å². The Morgan fingerprint density at radius 1 is 1.29 bits per heavy atom. The van der Waals surface area contributed by atoms with Crippen LogP contribution in [0.3, 0.4) is 0 Å². The molecule has 0 unspecified atom stereocenters. The first-order valence-electron chi connectivity index (χ1n) is 10.2. The molecule has 28 heavy (non-hydrogen) atoms. The van der Waals surface area contributed by atoms with Crippen LogP contribution < -0.4 is 10.9 Å². The van der Waals surface area contributed by atoms with E-state index in [2.05, 4.69) is 17.3 Å². The molecule has 5 nitrogen and oxygen atoms in total. The molecular weight excluding hydrogens is 370 g/mol. The molecule has 1 aliphatic rings. The lowest BCUT2D eigenvalue weighted by Gasteiger charge is -2.29. The SMILES string of the molecule is Cc1nn(CCCC(=O)N[C@H]2CCCC[C@@H]2C)c(=O)c2c1sc1ccccc12. The number of benzene rings is 1. The van der Waals surface area contributed by atoms with E-state index in [0.29, 0.717) is 31.3 Å². The fraction of sp³-hybridized carbons (Fsp3) is 0.500. The molecule has 1 saturated carbocycles. The number of carbonyl (C=O) groups excluding carboxylic acids is 1. The van der Waals surface area contributed by atoms with Gasteiger partial charge in [0.2, 0.25) is 5.91 Å². The van der Waals surface area contributed by atoms with Crippen LogP contribution in [0.15, 0.2) is 29.1 Å². The molecule has 2 heterocycles. The van der Waals surface area contributed by atoms with Gasteiger partial charge in [0.1, 0.15) is 0 Å². The number of thiophene rings is 1. The quantitative estimate of drug-likeness (QED) is 0.694. The third-order valence-corrected chi connectivity index (χ3v) is 7.15. The molecule has 0 radical (unpaired) electrons. The molecule has 0 spiro atoms. The lowest BCUT2D eigenvalue weighted by molar-refractivity contribution is -0.122. The van der Waals surface area contributed by atoms with Crippen LogP contribution in [0, 0.1) is 12.8 Å². The average Bonchev–Trinajstić information content (AvgIpc) is 3.08. The summed E-state index contributed by atoms with van der Waals surface area (Å²) in [5.41, 5.74) is 0.815. The van der Waals surface area contributed by atoms with Crippen molar-refractivity contribution in [2.45, 2.75) is 65.0 Å². The third-order valence-electron chi connectivity index (χ3n) is 5.87. The topological polar surface area (TPSA) is 64.0 Å². The maximum Gasteiger partial charge on any atom is 0.276 e. The van der Waals surface area contributed by atoms with Gasteiger partial charge in [-0.2, -0.15) is 5.10 Å². The highest BCUT2D eigenvalue weighted by molar-refractivity contribution is 7.26. The van der Waals surface area contributed by atoms with Crippen LogP contribution in [0.1, 0.15) is 51.1 Å².